The highest BCUT2D eigenvalue weighted by molar-refractivity contribution is 7.89. The summed E-state index contributed by atoms with van der Waals surface area (Å²) in [5.74, 6) is 0.418. The molecule has 1 saturated heterocycles. The Hall–Kier alpha value is -2.56. The summed E-state index contributed by atoms with van der Waals surface area (Å²) in [6.45, 7) is -1.73. The Labute approximate surface area is 167 Å². The van der Waals surface area contributed by atoms with Crippen LogP contribution in [0.25, 0.3) is 0 Å². The summed E-state index contributed by atoms with van der Waals surface area (Å²) in [6.07, 6.45) is 1.45. The first kappa shape index (κ1) is 21.2. The van der Waals surface area contributed by atoms with Crippen LogP contribution < -0.4 is 9.47 Å². The van der Waals surface area contributed by atoms with Crippen LogP contribution in [-0.4, -0.2) is 59.0 Å². The zero-order chi connectivity index (χ0) is 20.9. The van der Waals surface area contributed by atoms with E-state index >= 15 is 0 Å². The molecule has 1 fully saturated rings. The molecule has 1 aliphatic heterocycles. The van der Waals surface area contributed by atoms with Crippen LogP contribution in [0.15, 0.2) is 52.4 Å². The second kappa shape index (κ2) is 9.29. The van der Waals surface area contributed by atoms with Crippen LogP contribution >= 0.6 is 0 Å². The smallest absolute Gasteiger partial charge is 0.387 e. The molecule has 156 valence electrons. The first-order chi connectivity index (χ1) is 13.9. The van der Waals surface area contributed by atoms with Crippen molar-refractivity contribution in [1.82, 2.24) is 4.31 Å². The molecule has 7 nitrogen and oxygen atoms in total. The number of hydrogen-bond acceptors (Lipinski definition) is 6. The molecule has 0 atom stereocenters. The van der Waals surface area contributed by atoms with Gasteiger partial charge in [-0.25, -0.2) is 8.42 Å². The molecular formula is C19H20F2N2O5S. The molecule has 0 aromatic heterocycles. The number of aliphatic imine (C=N–C) groups is 1. The first-order valence-corrected chi connectivity index (χ1v) is 10.2. The van der Waals surface area contributed by atoms with Gasteiger partial charge in [0.05, 0.1) is 26.0 Å². The number of hydrogen-bond donors (Lipinski definition) is 0. The van der Waals surface area contributed by atoms with E-state index in [-0.39, 0.29) is 29.4 Å². The monoisotopic (exact) mass is 426 g/mol. The minimum Gasteiger partial charge on any atom is -0.497 e. The number of nitrogens with zero attached hydrogens (tertiary/aromatic N) is 2. The van der Waals surface area contributed by atoms with E-state index in [2.05, 4.69) is 9.73 Å². The summed E-state index contributed by atoms with van der Waals surface area (Å²) in [5.41, 5.74) is 0.836. The summed E-state index contributed by atoms with van der Waals surface area (Å²) >= 11 is 0. The first-order valence-electron chi connectivity index (χ1n) is 8.75. The minimum absolute atomic E-state index is 0.0210. The van der Waals surface area contributed by atoms with Crippen molar-refractivity contribution >= 4 is 21.9 Å². The van der Waals surface area contributed by atoms with Crippen molar-refractivity contribution in [3.63, 3.8) is 0 Å². The highest BCUT2D eigenvalue weighted by atomic mass is 32.2. The van der Waals surface area contributed by atoms with E-state index < -0.39 is 16.6 Å². The van der Waals surface area contributed by atoms with Crippen LogP contribution in [0, 0.1) is 0 Å². The Morgan fingerprint density at radius 3 is 2.38 bits per heavy atom. The number of ether oxygens (including phenoxy) is 3. The Bertz CT molecular complexity index is 959. The van der Waals surface area contributed by atoms with Gasteiger partial charge in [0, 0.05) is 25.4 Å². The summed E-state index contributed by atoms with van der Waals surface area (Å²) in [5, 5.41) is 0. The lowest BCUT2D eigenvalue weighted by atomic mass is 10.2. The molecule has 0 saturated carbocycles. The highest BCUT2D eigenvalue weighted by Gasteiger charge is 2.29. The average molecular weight is 426 g/mol. The fraction of sp³-hybridized carbons (Fsp3) is 0.316. The molecule has 0 N–H and O–H groups in total. The maximum Gasteiger partial charge on any atom is 0.387 e. The maximum atomic E-state index is 13.1. The van der Waals surface area contributed by atoms with E-state index in [1.165, 1.54) is 35.8 Å². The lowest BCUT2D eigenvalue weighted by molar-refractivity contribution is -0.0498. The summed E-state index contributed by atoms with van der Waals surface area (Å²) in [7, 11) is -2.34. The molecule has 0 spiro atoms. The molecule has 0 unspecified atom stereocenters. The second-order valence-electron chi connectivity index (χ2n) is 6.06. The van der Waals surface area contributed by atoms with Crippen LogP contribution in [0.2, 0.25) is 0 Å². The predicted octanol–water partition coefficient (Wildman–Crippen LogP) is 3.07. The number of alkyl halides is 2. The van der Waals surface area contributed by atoms with Crippen molar-refractivity contribution in [2.75, 3.05) is 33.4 Å². The molecule has 0 bridgehead atoms. The second-order valence-corrected chi connectivity index (χ2v) is 7.96. The molecule has 0 radical (unpaired) electrons. The number of rotatable bonds is 7. The summed E-state index contributed by atoms with van der Waals surface area (Å²) in [6, 6.07) is 10.4. The van der Waals surface area contributed by atoms with Crippen molar-refractivity contribution in [3.8, 4) is 11.5 Å². The van der Waals surface area contributed by atoms with E-state index in [4.69, 9.17) is 9.47 Å². The van der Waals surface area contributed by atoms with E-state index in [0.29, 0.717) is 24.5 Å². The van der Waals surface area contributed by atoms with Gasteiger partial charge < -0.3 is 14.2 Å². The Kier molecular flexibility index (Phi) is 6.78. The zero-order valence-electron chi connectivity index (χ0n) is 15.6. The maximum absolute atomic E-state index is 13.1. The largest absolute Gasteiger partial charge is 0.497 e. The van der Waals surface area contributed by atoms with Gasteiger partial charge in [0.2, 0.25) is 10.0 Å². The molecule has 3 rings (SSSR count). The van der Waals surface area contributed by atoms with Gasteiger partial charge in [0.15, 0.2) is 0 Å². The zero-order valence-corrected chi connectivity index (χ0v) is 16.4. The molecular weight excluding hydrogens is 406 g/mol. The topological polar surface area (TPSA) is 77.4 Å². The number of sulfonamides is 1. The molecule has 0 aliphatic carbocycles. The van der Waals surface area contributed by atoms with Gasteiger partial charge in [-0.05, 0) is 42.0 Å². The molecule has 29 heavy (non-hydrogen) atoms. The fourth-order valence-electron chi connectivity index (χ4n) is 2.74. The van der Waals surface area contributed by atoms with Gasteiger partial charge in [-0.3, -0.25) is 4.99 Å². The fourth-order valence-corrected chi connectivity index (χ4v) is 4.30. The lowest BCUT2D eigenvalue weighted by Crippen LogP contribution is -2.40. The lowest BCUT2D eigenvalue weighted by Gasteiger charge is -2.26. The Morgan fingerprint density at radius 2 is 1.76 bits per heavy atom. The van der Waals surface area contributed by atoms with Crippen molar-refractivity contribution in [2.45, 2.75) is 11.5 Å². The number of morpholine rings is 1. The third-order valence-electron chi connectivity index (χ3n) is 4.21. The van der Waals surface area contributed by atoms with E-state index in [1.807, 2.05) is 0 Å². The third kappa shape index (κ3) is 5.28. The highest BCUT2D eigenvalue weighted by Crippen LogP contribution is 2.31. The number of methoxy groups -OCH3 is 1. The van der Waals surface area contributed by atoms with Crippen molar-refractivity contribution < 1.29 is 31.4 Å². The molecule has 1 heterocycles. The van der Waals surface area contributed by atoms with Gasteiger partial charge in [-0.2, -0.15) is 13.1 Å². The Balaban J connectivity index is 1.90. The number of benzene rings is 2. The van der Waals surface area contributed by atoms with Crippen LogP contribution in [0.5, 0.6) is 11.5 Å². The van der Waals surface area contributed by atoms with Gasteiger partial charge in [0.1, 0.15) is 16.4 Å². The van der Waals surface area contributed by atoms with Gasteiger partial charge in [0.25, 0.3) is 0 Å². The molecule has 2 aromatic rings. The van der Waals surface area contributed by atoms with Crippen LogP contribution in [-0.2, 0) is 14.8 Å². The van der Waals surface area contributed by atoms with Gasteiger partial charge >= 0.3 is 6.61 Å². The average Bonchev–Trinajstić information content (AvgIpc) is 2.73. The predicted molar refractivity (Wildman–Crippen MR) is 103 cm³/mol. The van der Waals surface area contributed by atoms with Crippen LogP contribution in [0.1, 0.15) is 5.56 Å². The molecule has 1 aliphatic rings. The van der Waals surface area contributed by atoms with E-state index in [0.717, 1.165) is 0 Å². The van der Waals surface area contributed by atoms with Gasteiger partial charge in [-0.15, -0.1) is 0 Å². The SMILES string of the molecule is COc1ccc(N=Cc2ccc(OC(F)F)cc2)c(S(=O)(=O)N2CCOCC2)c1. The van der Waals surface area contributed by atoms with Crippen molar-refractivity contribution in [2.24, 2.45) is 4.99 Å². The normalized spacial score (nSPS) is 15.7. The van der Waals surface area contributed by atoms with E-state index in [1.54, 1.807) is 24.3 Å². The van der Waals surface area contributed by atoms with Crippen molar-refractivity contribution in [3.05, 3.63) is 48.0 Å². The Morgan fingerprint density at radius 1 is 1.10 bits per heavy atom. The number of halogens is 2. The summed E-state index contributed by atoms with van der Waals surface area (Å²) in [4.78, 5) is 4.32. The van der Waals surface area contributed by atoms with Gasteiger partial charge in [-0.1, -0.05) is 0 Å². The van der Waals surface area contributed by atoms with Crippen LogP contribution in [0.3, 0.4) is 0 Å². The quantitative estimate of drug-likeness (QED) is 0.636. The summed E-state index contributed by atoms with van der Waals surface area (Å²) < 4.78 is 66.7. The van der Waals surface area contributed by atoms with Crippen molar-refractivity contribution in [1.29, 1.82) is 0 Å². The molecule has 0 amide bonds. The third-order valence-corrected chi connectivity index (χ3v) is 6.14. The minimum atomic E-state index is -3.79. The standard InChI is InChI=1S/C19H20F2N2O5S/c1-26-16-6-7-17(18(12-16)29(24,25)23-8-10-27-11-9-23)22-13-14-2-4-15(5-3-14)28-19(20)21/h2-7,12-13,19H,8-11H2,1H3. The molecule has 10 heteroatoms. The molecule has 2 aromatic carbocycles. The van der Waals surface area contributed by atoms with Crippen LogP contribution in [0.4, 0.5) is 14.5 Å². The van der Waals surface area contributed by atoms with E-state index in [9.17, 15) is 17.2 Å².